The van der Waals surface area contributed by atoms with E-state index in [-0.39, 0.29) is 17.9 Å². The number of carbonyl (C=O) groups is 1. The minimum absolute atomic E-state index is 0.0674. The van der Waals surface area contributed by atoms with E-state index >= 15 is 0 Å². The van der Waals surface area contributed by atoms with Crippen LogP contribution in [0.3, 0.4) is 0 Å². The molecule has 144 valence electrons. The monoisotopic (exact) mass is 386 g/mol. The second-order valence-corrected chi connectivity index (χ2v) is 9.57. The molecule has 1 aliphatic rings. The van der Waals surface area contributed by atoms with Gasteiger partial charge in [0.15, 0.2) is 0 Å². The summed E-state index contributed by atoms with van der Waals surface area (Å²) in [5, 5.41) is 2.45. The molecule has 5 nitrogen and oxygen atoms in total. The fourth-order valence-corrected chi connectivity index (χ4v) is 4.43. The molecule has 2 aromatic carbocycles. The van der Waals surface area contributed by atoms with Crippen LogP contribution >= 0.6 is 0 Å². The van der Waals surface area contributed by atoms with Crippen molar-refractivity contribution in [2.75, 3.05) is 5.32 Å². The van der Waals surface area contributed by atoms with E-state index in [0.717, 1.165) is 30.5 Å². The lowest BCUT2D eigenvalue weighted by Gasteiger charge is -2.22. The molecule has 1 fully saturated rings. The first-order valence-electron chi connectivity index (χ1n) is 9.34. The first-order chi connectivity index (χ1) is 12.9. The zero-order valence-electron chi connectivity index (χ0n) is 15.7. The van der Waals surface area contributed by atoms with Crippen LogP contribution in [0.4, 0.5) is 5.69 Å². The van der Waals surface area contributed by atoms with Crippen LogP contribution in [-0.2, 0) is 10.0 Å². The minimum Gasteiger partial charge on any atom is -0.322 e. The van der Waals surface area contributed by atoms with Gasteiger partial charge in [-0.3, -0.25) is 4.79 Å². The van der Waals surface area contributed by atoms with Crippen molar-refractivity contribution in [3.63, 3.8) is 0 Å². The second-order valence-electron chi connectivity index (χ2n) is 7.30. The van der Waals surface area contributed by atoms with Crippen LogP contribution in [0.15, 0.2) is 54.6 Å². The van der Waals surface area contributed by atoms with E-state index in [1.54, 1.807) is 26.0 Å². The number of sulfonamides is 1. The number of hydrogen-bond acceptors (Lipinski definition) is 3. The molecule has 0 radical (unpaired) electrons. The third kappa shape index (κ3) is 4.76. The first-order valence-corrected chi connectivity index (χ1v) is 10.9. The largest absolute Gasteiger partial charge is 0.322 e. The number of nitrogens with one attached hydrogen (secondary N) is 2. The highest BCUT2D eigenvalue weighted by atomic mass is 32.2. The second kappa shape index (κ2) is 8.23. The van der Waals surface area contributed by atoms with Crippen molar-refractivity contribution in [2.45, 2.75) is 50.3 Å². The maximum atomic E-state index is 12.2. The Morgan fingerprint density at radius 1 is 1.00 bits per heavy atom. The lowest BCUT2D eigenvalue weighted by Crippen LogP contribution is -2.40. The number of carbonyl (C=O) groups excluding carboxylic acids is 1. The Labute approximate surface area is 161 Å². The van der Waals surface area contributed by atoms with Crippen LogP contribution in [-0.4, -0.2) is 25.6 Å². The molecular formula is C21H26N2O3S. The van der Waals surface area contributed by atoms with E-state index < -0.39 is 15.3 Å². The molecule has 1 saturated carbocycles. The fourth-order valence-electron chi connectivity index (χ4n) is 3.45. The minimum atomic E-state index is -3.28. The Hall–Kier alpha value is -2.18. The normalized spacial score (nSPS) is 20.0. The fraction of sp³-hybridized carbons (Fsp3) is 0.381. The Morgan fingerprint density at radius 3 is 2.30 bits per heavy atom. The third-order valence-electron chi connectivity index (χ3n) is 5.08. The van der Waals surface area contributed by atoms with Crippen LogP contribution in [0.1, 0.15) is 54.9 Å². The molecule has 0 unspecified atom stereocenters. The summed E-state index contributed by atoms with van der Waals surface area (Å²) >= 11 is 0. The lowest BCUT2D eigenvalue weighted by atomic mass is 9.94. The number of amides is 1. The number of benzene rings is 2. The molecule has 0 saturated heterocycles. The van der Waals surface area contributed by atoms with Gasteiger partial charge in [0, 0.05) is 23.2 Å². The van der Waals surface area contributed by atoms with Crippen molar-refractivity contribution >= 4 is 21.6 Å². The number of anilines is 1. The van der Waals surface area contributed by atoms with Crippen molar-refractivity contribution < 1.29 is 13.2 Å². The number of rotatable bonds is 6. The standard InChI is InChI=1S/C21H26N2O3S/c1-15(2)27(25,26)23-20-10-6-9-19(20)16-11-13-18(14-12-16)22-21(24)17-7-4-3-5-8-17/h3-5,7-8,11-15,19-20,23H,6,9-10H2,1-2H3,(H,22,24)/t19-,20-/m0/s1. The van der Waals surface area contributed by atoms with Crippen LogP contribution in [0.25, 0.3) is 0 Å². The van der Waals surface area contributed by atoms with E-state index in [2.05, 4.69) is 10.0 Å². The van der Waals surface area contributed by atoms with Gasteiger partial charge in [-0.15, -0.1) is 0 Å². The van der Waals surface area contributed by atoms with E-state index in [9.17, 15) is 13.2 Å². The van der Waals surface area contributed by atoms with Crippen molar-refractivity contribution in [1.29, 1.82) is 0 Å². The topological polar surface area (TPSA) is 75.3 Å². The lowest BCUT2D eigenvalue weighted by molar-refractivity contribution is 0.102. The molecule has 0 spiro atoms. The van der Waals surface area contributed by atoms with Crippen molar-refractivity contribution in [3.8, 4) is 0 Å². The van der Waals surface area contributed by atoms with Crippen molar-refractivity contribution in [3.05, 3.63) is 65.7 Å². The quantitative estimate of drug-likeness (QED) is 0.790. The number of hydrogen-bond donors (Lipinski definition) is 2. The molecule has 2 atom stereocenters. The highest BCUT2D eigenvalue weighted by Gasteiger charge is 2.32. The summed E-state index contributed by atoms with van der Waals surface area (Å²) in [6, 6.07) is 16.7. The summed E-state index contributed by atoms with van der Waals surface area (Å²) in [7, 11) is -3.28. The van der Waals surface area contributed by atoms with Crippen molar-refractivity contribution in [1.82, 2.24) is 4.72 Å². The predicted molar refractivity (Wildman–Crippen MR) is 108 cm³/mol. The highest BCUT2D eigenvalue weighted by molar-refractivity contribution is 7.90. The predicted octanol–water partition coefficient (Wildman–Crippen LogP) is 3.90. The highest BCUT2D eigenvalue weighted by Crippen LogP contribution is 2.35. The Morgan fingerprint density at radius 2 is 1.67 bits per heavy atom. The summed E-state index contributed by atoms with van der Waals surface area (Å²) in [6.45, 7) is 3.38. The van der Waals surface area contributed by atoms with Gasteiger partial charge in [0.2, 0.25) is 10.0 Å². The maximum Gasteiger partial charge on any atom is 0.255 e. The molecule has 0 aromatic heterocycles. The Kier molecular flexibility index (Phi) is 5.97. The molecule has 2 aromatic rings. The van der Waals surface area contributed by atoms with Gasteiger partial charge in [-0.25, -0.2) is 13.1 Å². The SMILES string of the molecule is CC(C)S(=O)(=O)N[C@H]1CCC[C@H]1c1ccc(NC(=O)c2ccccc2)cc1. The van der Waals surface area contributed by atoms with Crippen LogP contribution in [0, 0.1) is 0 Å². The van der Waals surface area contributed by atoms with Gasteiger partial charge in [-0.2, -0.15) is 0 Å². The summed E-state index contributed by atoms with van der Waals surface area (Å²) in [4.78, 5) is 12.2. The molecule has 1 aliphatic carbocycles. The molecule has 0 heterocycles. The summed E-state index contributed by atoms with van der Waals surface area (Å²) in [6.07, 6.45) is 2.81. The third-order valence-corrected chi connectivity index (χ3v) is 6.96. The van der Waals surface area contributed by atoms with E-state index in [1.165, 1.54) is 0 Å². The molecule has 6 heteroatoms. The smallest absolute Gasteiger partial charge is 0.255 e. The van der Waals surface area contributed by atoms with E-state index in [0.29, 0.717) is 5.56 Å². The zero-order chi connectivity index (χ0) is 19.4. The van der Waals surface area contributed by atoms with Gasteiger partial charge in [0.05, 0.1) is 5.25 Å². The summed E-state index contributed by atoms with van der Waals surface area (Å²) in [5.41, 5.74) is 2.44. The molecular weight excluding hydrogens is 360 g/mol. The summed E-state index contributed by atoms with van der Waals surface area (Å²) in [5.74, 6) is 0.0178. The summed E-state index contributed by atoms with van der Waals surface area (Å²) < 4.78 is 27.3. The molecule has 0 bridgehead atoms. The Bertz CT molecular complexity index is 877. The van der Waals surface area contributed by atoms with Crippen LogP contribution in [0.2, 0.25) is 0 Å². The van der Waals surface area contributed by atoms with Gasteiger partial charge in [-0.05, 0) is 56.5 Å². The van der Waals surface area contributed by atoms with Gasteiger partial charge in [-0.1, -0.05) is 36.8 Å². The van der Waals surface area contributed by atoms with Gasteiger partial charge in [0.1, 0.15) is 0 Å². The molecule has 27 heavy (non-hydrogen) atoms. The van der Waals surface area contributed by atoms with Crippen molar-refractivity contribution in [2.24, 2.45) is 0 Å². The maximum absolute atomic E-state index is 12.2. The molecule has 2 N–H and O–H groups in total. The van der Waals surface area contributed by atoms with Crippen LogP contribution in [0.5, 0.6) is 0 Å². The van der Waals surface area contributed by atoms with Gasteiger partial charge >= 0.3 is 0 Å². The molecule has 3 rings (SSSR count). The van der Waals surface area contributed by atoms with Gasteiger partial charge in [0.25, 0.3) is 5.91 Å². The van der Waals surface area contributed by atoms with E-state index in [1.807, 2.05) is 42.5 Å². The average molecular weight is 387 g/mol. The average Bonchev–Trinajstić information content (AvgIpc) is 3.10. The zero-order valence-corrected chi connectivity index (χ0v) is 16.5. The Balaban J connectivity index is 1.68. The van der Waals surface area contributed by atoms with E-state index in [4.69, 9.17) is 0 Å². The molecule has 0 aliphatic heterocycles. The first kappa shape index (κ1) is 19.6. The van der Waals surface area contributed by atoms with Gasteiger partial charge < -0.3 is 5.32 Å². The van der Waals surface area contributed by atoms with Crippen LogP contribution < -0.4 is 10.0 Å². The molecule has 1 amide bonds.